The summed E-state index contributed by atoms with van der Waals surface area (Å²) < 4.78 is 0. The number of fused-ring (bicyclic) bond motifs is 1. The summed E-state index contributed by atoms with van der Waals surface area (Å²) in [7, 11) is 0. The van der Waals surface area contributed by atoms with Gasteiger partial charge in [0, 0.05) is 37.7 Å². The van der Waals surface area contributed by atoms with Crippen LogP contribution in [0.2, 0.25) is 0 Å². The second-order valence-corrected chi connectivity index (χ2v) is 7.70. The fourth-order valence-electron chi connectivity index (χ4n) is 4.55. The van der Waals surface area contributed by atoms with Gasteiger partial charge in [-0.25, -0.2) is 0 Å². The molecule has 1 aromatic carbocycles. The topological polar surface area (TPSA) is 95.7 Å². The molecule has 2 saturated heterocycles. The first-order valence-electron chi connectivity index (χ1n) is 9.78. The average molecular weight is 370 g/mol. The number of benzene rings is 1. The van der Waals surface area contributed by atoms with E-state index < -0.39 is 6.04 Å². The Morgan fingerprint density at radius 2 is 2.00 bits per heavy atom. The Kier molecular flexibility index (Phi) is 4.97. The molecular weight excluding hydrogens is 344 g/mol. The maximum Gasteiger partial charge on any atom is 0.255 e. The summed E-state index contributed by atoms with van der Waals surface area (Å²) in [5.41, 5.74) is 8.77. The lowest BCUT2D eigenvalue weighted by atomic mass is 9.98. The van der Waals surface area contributed by atoms with Gasteiger partial charge in [-0.1, -0.05) is 18.6 Å². The minimum atomic E-state index is -0.567. The first-order valence-corrected chi connectivity index (χ1v) is 9.78. The maximum absolute atomic E-state index is 12.9. The Labute approximate surface area is 158 Å². The lowest BCUT2D eigenvalue weighted by molar-refractivity contribution is -0.136. The van der Waals surface area contributed by atoms with Crippen LogP contribution in [0.15, 0.2) is 18.2 Å². The smallest absolute Gasteiger partial charge is 0.255 e. The van der Waals surface area contributed by atoms with E-state index in [1.165, 1.54) is 12.8 Å². The summed E-state index contributed by atoms with van der Waals surface area (Å²) in [5.74, 6) is -0.748. The lowest BCUT2D eigenvalue weighted by Crippen LogP contribution is -2.52. The molecule has 1 aromatic rings. The van der Waals surface area contributed by atoms with Gasteiger partial charge in [-0.3, -0.25) is 24.6 Å². The van der Waals surface area contributed by atoms with Crippen molar-refractivity contribution in [3.05, 3.63) is 34.9 Å². The van der Waals surface area contributed by atoms with E-state index in [-0.39, 0.29) is 24.1 Å². The van der Waals surface area contributed by atoms with E-state index in [1.807, 2.05) is 12.1 Å². The lowest BCUT2D eigenvalue weighted by Gasteiger charge is -2.35. The molecule has 3 aliphatic heterocycles. The molecule has 3 heterocycles. The summed E-state index contributed by atoms with van der Waals surface area (Å²) in [5, 5.41) is 2.35. The molecule has 7 nitrogen and oxygen atoms in total. The Morgan fingerprint density at radius 3 is 2.78 bits per heavy atom. The number of rotatable bonds is 4. The van der Waals surface area contributed by atoms with Gasteiger partial charge in [0.1, 0.15) is 6.04 Å². The molecule has 2 unspecified atom stereocenters. The van der Waals surface area contributed by atoms with E-state index in [0.717, 1.165) is 30.6 Å². The third-order valence-corrected chi connectivity index (χ3v) is 6.07. The molecule has 144 valence electrons. The Balaban J connectivity index is 1.56. The standard InChI is InChI=1S/C20H26N4O3/c21-10-14-5-1-2-9-23(14)11-13-4-3-6-15-16(13)12-24(20(15)27)17-7-8-18(25)22-19(17)26/h3-4,6,14,17H,1-2,5,7-12,21H2,(H,22,25,26). The number of nitrogens with zero attached hydrogens (tertiary/aromatic N) is 2. The number of amides is 3. The second kappa shape index (κ2) is 7.40. The number of carbonyl (C=O) groups excluding carboxylic acids is 3. The van der Waals surface area contributed by atoms with Crippen LogP contribution in [0.3, 0.4) is 0 Å². The van der Waals surface area contributed by atoms with Crippen molar-refractivity contribution in [3.8, 4) is 0 Å². The Hall–Kier alpha value is -2.25. The van der Waals surface area contributed by atoms with Crippen LogP contribution < -0.4 is 11.1 Å². The first-order chi connectivity index (χ1) is 13.1. The minimum Gasteiger partial charge on any atom is -0.329 e. The van der Waals surface area contributed by atoms with Gasteiger partial charge >= 0.3 is 0 Å². The first kappa shape index (κ1) is 18.1. The SMILES string of the molecule is NCC1CCCCN1Cc1cccc2c1CN(C1CCC(=O)NC1=O)C2=O. The van der Waals surface area contributed by atoms with Gasteiger partial charge in [-0.05, 0) is 43.0 Å². The summed E-state index contributed by atoms with van der Waals surface area (Å²) in [6.07, 6.45) is 4.17. The molecule has 3 N–H and O–H groups in total. The minimum absolute atomic E-state index is 0.115. The monoisotopic (exact) mass is 370 g/mol. The molecule has 7 heteroatoms. The van der Waals surface area contributed by atoms with Gasteiger partial charge in [-0.2, -0.15) is 0 Å². The molecule has 0 aromatic heterocycles. The second-order valence-electron chi connectivity index (χ2n) is 7.70. The fourth-order valence-corrected chi connectivity index (χ4v) is 4.55. The molecule has 0 bridgehead atoms. The predicted octanol–water partition coefficient (Wildman–Crippen LogP) is 0.761. The van der Waals surface area contributed by atoms with Crippen LogP contribution in [0.25, 0.3) is 0 Å². The van der Waals surface area contributed by atoms with E-state index >= 15 is 0 Å². The van der Waals surface area contributed by atoms with Crippen LogP contribution in [0.4, 0.5) is 0 Å². The molecule has 0 aliphatic carbocycles. The molecule has 0 radical (unpaired) electrons. The zero-order valence-electron chi connectivity index (χ0n) is 15.4. The Bertz CT molecular complexity index is 778. The zero-order chi connectivity index (χ0) is 19.0. The number of hydrogen-bond acceptors (Lipinski definition) is 5. The van der Waals surface area contributed by atoms with Crippen molar-refractivity contribution in [2.75, 3.05) is 13.1 Å². The number of nitrogens with two attached hydrogens (primary N) is 1. The molecule has 4 rings (SSSR count). The highest BCUT2D eigenvalue weighted by molar-refractivity contribution is 6.05. The van der Waals surface area contributed by atoms with Crippen molar-refractivity contribution in [1.29, 1.82) is 0 Å². The molecule has 2 fully saturated rings. The quantitative estimate of drug-likeness (QED) is 0.763. The number of imide groups is 1. The summed E-state index contributed by atoms with van der Waals surface area (Å²) in [4.78, 5) is 40.6. The van der Waals surface area contributed by atoms with Crippen molar-refractivity contribution in [2.45, 2.75) is 57.3 Å². The number of hydrogen-bond donors (Lipinski definition) is 2. The third kappa shape index (κ3) is 3.37. The number of nitrogens with one attached hydrogen (secondary N) is 1. The molecule has 2 atom stereocenters. The van der Waals surface area contributed by atoms with E-state index in [1.54, 1.807) is 4.90 Å². The van der Waals surface area contributed by atoms with E-state index in [4.69, 9.17) is 5.73 Å². The van der Waals surface area contributed by atoms with Crippen LogP contribution in [0.5, 0.6) is 0 Å². The van der Waals surface area contributed by atoms with Crippen LogP contribution in [-0.2, 0) is 22.7 Å². The number of carbonyl (C=O) groups is 3. The highest BCUT2D eigenvalue weighted by atomic mass is 16.2. The van der Waals surface area contributed by atoms with Gasteiger partial charge in [0.25, 0.3) is 5.91 Å². The van der Waals surface area contributed by atoms with Crippen LogP contribution in [-0.4, -0.2) is 52.7 Å². The van der Waals surface area contributed by atoms with Gasteiger partial charge in [0.05, 0.1) is 0 Å². The molecule has 3 amide bonds. The normalized spacial score (nSPS) is 26.3. The van der Waals surface area contributed by atoms with Gasteiger partial charge < -0.3 is 10.6 Å². The van der Waals surface area contributed by atoms with Crippen LogP contribution in [0.1, 0.15) is 53.6 Å². The van der Waals surface area contributed by atoms with Crippen molar-refractivity contribution in [1.82, 2.24) is 15.1 Å². The zero-order valence-corrected chi connectivity index (χ0v) is 15.4. The van der Waals surface area contributed by atoms with E-state index in [9.17, 15) is 14.4 Å². The molecular formula is C20H26N4O3. The van der Waals surface area contributed by atoms with Crippen LogP contribution >= 0.6 is 0 Å². The molecule has 0 saturated carbocycles. The van der Waals surface area contributed by atoms with Gasteiger partial charge in [0.15, 0.2) is 0 Å². The van der Waals surface area contributed by atoms with Gasteiger partial charge in [-0.15, -0.1) is 0 Å². The fraction of sp³-hybridized carbons (Fsp3) is 0.550. The maximum atomic E-state index is 12.9. The molecule has 0 spiro atoms. The average Bonchev–Trinajstić information content (AvgIpc) is 3.00. The highest BCUT2D eigenvalue weighted by Crippen LogP contribution is 2.31. The van der Waals surface area contributed by atoms with Crippen molar-refractivity contribution in [3.63, 3.8) is 0 Å². The summed E-state index contributed by atoms with van der Waals surface area (Å²) >= 11 is 0. The van der Waals surface area contributed by atoms with Crippen molar-refractivity contribution >= 4 is 17.7 Å². The summed E-state index contributed by atoms with van der Waals surface area (Å²) in [6, 6.07) is 5.65. The highest BCUT2D eigenvalue weighted by Gasteiger charge is 2.40. The number of likely N-dealkylation sites (tertiary alicyclic amines) is 1. The van der Waals surface area contributed by atoms with Crippen molar-refractivity contribution in [2.24, 2.45) is 5.73 Å². The number of piperidine rings is 2. The van der Waals surface area contributed by atoms with E-state index in [0.29, 0.717) is 31.1 Å². The molecule has 27 heavy (non-hydrogen) atoms. The summed E-state index contributed by atoms with van der Waals surface area (Å²) in [6.45, 7) is 2.88. The Morgan fingerprint density at radius 1 is 1.15 bits per heavy atom. The van der Waals surface area contributed by atoms with Crippen LogP contribution in [0, 0.1) is 0 Å². The van der Waals surface area contributed by atoms with Gasteiger partial charge in [0.2, 0.25) is 11.8 Å². The van der Waals surface area contributed by atoms with E-state index in [2.05, 4.69) is 16.3 Å². The third-order valence-electron chi connectivity index (χ3n) is 6.07. The molecule has 3 aliphatic rings. The van der Waals surface area contributed by atoms with Crippen molar-refractivity contribution < 1.29 is 14.4 Å². The largest absolute Gasteiger partial charge is 0.329 e. The predicted molar refractivity (Wildman–Crippen MR) is 99.6 cm³/mol.